The molecule has 96 valence electrons. The summed E-state index contributed by atoms with van der Waals surface area (Å²) >= 11 is 0. The van der Waals surface area contributed by atoms with Crippen LogP contribution >= 0.6 is 0 Å². The van der Waals surface area contributed by atoms with Gasteiger partial charge in [-0.1, -0.05) is 18.2 Å². The molecule has 1 unspecified atom stereocenters. The first-order valence-corrected chi connectivity index (χ1v) is 5.59. The Labute approximate surface area is 104 Å². The monoisotopic (exact) mass is 250 g/mol. The zero-order chi connectivity index (χ0) is 13.1. The van der Waals surface area contributed by atoms with Crippen LogP contribution in [0, 0.1) is 0 Å². The normalized spacial score (nSPS) is 19.9. The summed E-state index contributed by atoms with van der Waals surface area (Å²) in [4.78, 5) is 24.6. The number of benzene rings is 1. The summed E-state index contributed by atoms with van der Waals surface area (Å²) in [6.07, 6.45) is -0.557. The van der Waals surface area contributed by atoms with Crippen molar-refractivity contribution in [3.8, 4) is 0 Å². The van der Waals surface area contributed by atoms with Gasteiger partial charge in [-0.25, -0.2) is 9.59 Å². The third-order valence-corrected chi connectivity index (χ3v) is 2.76. The van der Waals surface area contributed by atoms with E-state index in [4.69, 9.17) is 4.74 Å². The van der Waals surface area contributed by atoms with E-state index in [0.29, 0.717) is 23.6 Å². The highest BCUT2D eigenvalue weighted by Gasteiger charge is 2.33. The molecular formula is C12H14N2O4. The van der Waals surface area contributed by atoms with Gasteiger partial charge in [-0.05, 0) is 12.1 Å². The van der Waals surface area contributed by atoms with Gasteiger partial charge in [0, 0.05) is 20.0 Å². The number of amides is 2. The molecule has 1 aliphatic heterocycles. The molecule has 1 atom stereocenters. The number of rotatable bonds is 2. The van der Waals surface area contributed by atoms with Gasteiger partial charge >= 0.3 is 12.0 Å². The Bertz CT molecular complexity index is 449. The van der Waals surface area contributed by atoms with Crippen molar-refractivity contribution in [1.82, 2.24) is 9.96 Å². The second-order valence-electron chi connectivity index (χ2n) is 4.06. The van der Waals surface area contributed by atoms with Crippen molar-refractivity contribution in [1.29, 1.82) is 0 Å². The van der Waals surface area contributed by atoms with Gasteiger partial charge in [-0.3, -0.25) is 5.21 Å². The number of hydrogen-bond donors (Lipinski definition) is 1. The predicted octanol–water partition coefficient (Wildman–Crippen LogP) is 1.32. The van der Waals surface area contributed by atoms with Gasteiger partial charge in [-0.2, -0.15) is 5.06 Å². The minimum absolute atomic E-state index is 0.372. The minimum Gasteiger partial charge on any atom is -0.435 e. The van der Waals surface area contributed by atoms with Crippen LogP contribution in [0.25, 0.3) is 0 Å². The van der Waals surface area contributed by atoms with E-state index in [1.807, 2.05) is 0 Å². The van der Waals surface area contributed by atoms with E-state index in [2.05, 4.69) is 0 Å². The molecule has 2 rings (SSSR count). The molecule has 2 amide bonds. The SMILES string of the molecule is CN1CCC(OC(=O)c2ccccc2)N(O)C1=O. The second-order valence-corrected chi connectivity index (χ2v) is 4.06. The lowest BCUT2D eigenvalue weighted by Crippen LogP contribution is -2.52. The van der Waals surface area contributed by atoms with E-state index in [1.165, 1.54) is 4.90 Å². The standard InChI is InChI=1S/C12H14N2O4/c1-13-8-7-10(14(17)12(13)16)18-11(15)9-5-3-2-4-6-9/h2-6,10,17H,7-8H2,1H3. The number of urea groups is 1. The van der Waals surface area contributed by atoms with Crippen LogP contribution in [0.2, 0.25) is 0 Å². The summed E-state index contributed by atoms with van der Waals surface area (Å²) in [5.41, 5.74) is 0.386. The smallest absolute Gasteiger partial charge is 0.346 e. The van der Waals surface area contributed by atoms with Crippen molar-refractivity contribution in [2.45, 2.75) is 12.6 Å². The molecule has 0 aromatic heterocycles. The van der Waals surface area contributed by atoms with Gasteiger partial charge in [-0.15, -0.1) is 0 Å². The average molecular weight is 250 g/mol. The molecule has 1 fully saturated rings. The summed E-state index contributed by atoms with van der Waals surface area (Å²) in [6.45, 7) is 0.433. The number of nitrogens with zero attached hydrogens (tertiary/aromatic N) is 2. The Balaban J connectivity index is 2.02. The molecule has 0 radical (unpaired) electrons. The highest BCUT2D eigenvalue weighted by molar-refractivity contribution is 5.89. The molecule has 6 heteroatoms. The highest BCUT2D eigenvalue weighted by atomic mass is 16.6. The van der Waals surface area contributed by atoms with Crippen molar-refractivity contribution in [2.75, 3.05) is 13.6 Å². The molecular weight excluding hydrogens is 236 g/mol. The predicted molar refractivity (Wildman–Crippen MR) is 61.9 cm³/mol. The first-order chi connectivity index (χ1) is 8.59. The van der Waals surface area contributed by atoms with E-state index in [1.54, 1.807) is 37.4 Å². The quantitative estimate of drug-likeness (QED) is 0.634. The van der Waals surface area contributed by atoms with Crippen LogP contribution < -0.4 is 0 Å². The van der Waals surface area contributed by atoms with Crippen LogP contribution in [-0.4, -0.2) is 47.0 Å². The molecule has 1 N–H and O–H groups in total. The lowest BCUT2D eigenvalue weighted by atomic mass is 10.2. The number of carbonyl (C=O) groups excluding carboxylic acids is 2. The lowest BCUT2D eigenvalue weighted by Gasteiger charge is -2.34. The van der Waals surface area contributed by atoms with Gasteiger partial charge in [0.25, 0.3) is 0 Å². The van der Waals surface area contributed by atoms with Gasteiger partial charge in [0.15, 0.2) is 0 Å². The molecule has 1 aromatic carbocycles. The van der Waals surface area contributed by atoms with E-state index in [-0.39, 0.29) is 0 Å². The van der Waals surface area contributed by atoms with Crippen molar-refractivity contribution in [3.63, 3.8) is 0 Å². The summed E-state index contributed by atoms with van der Waals surface area (Å²) in [7, 11) is 1.57. The number of hydroxylamine groups is 2. The molecule has 1 aromatic rings. The average Bonchev–Trinajstić information content (AvgIpc) is 2.40. The van der Waals surface area contributed by atoms with Crippen molar-refractivity contribution in [2.24, 2.45) is 0 Å². The van der Waals surface area contributed by atoms with E-state index in [0.717, 1.165) is 0 Å². The number of carbonyl (C=O) groups is 2. The van der Waals surface area contributed by atoms with Crippen LogP contribution in [0.4, 0.5) is 4.79 Å². The molecule has 1 aliphatic rings. The van der Waals surface area contributed by atoms with Crippen LogP contribution in [0.3, 0.4) is 0 Å². The third kappa shape index (κ3) is 2.43. The molecule has 1 heterocycles. The van der Waals surface area contributed by atoms with E-state index in [9.17, 15) is 14.8 Å². The Morgan fingerprint density at radius 2 is 2.06 bits per heavy atom. The molecule has 6 nitrogen and oxygen atoms in total. The number of hydrogen-bond acceptors (Lipinski definition) is 4. The Hall–Kier alpha value is -2.08. The Morgan fingerprint density at radius 3 is 2.72 bits per heavy atom. The fourth-order valence-electron chi connectivity index (χ4n) is 1.69. The second kappa shape index (κ2) is 5.05. The highest BCUT2D eigenvalue weighted by Crippen LogP contribution is 2.15. The van der Waals surface area contributed by atoms with E-state index >= 15 is 0 Å². The lowest BCUT2D eigenvalue weighted by molar-refractivity contribution is -0.177. The zero-order valence-electron chi connectivity index (χ0n) is 9.94. The molecule has 0 aliphatic carbocycles. The maximum Gasteiger partial charge on any atom is 0.346 e. The van der Waals surface area contributed by atoms with Crippen molar-refractivity contribution in [3.05, 3.63) is 35.9 Å². The molecule has 18 heavy (non-hydrogen) atoms. The Kier molecular flexibility index (Phi) is 3.47. The number of ether oxygens (including phenoxy) is 1. The van der Waals surface area contributed by atoms with Crippen molar-refractivity contribution < 1.29 is 19.5 Å². The number of esters is 1. The fraction of sp³-hybridized carbons (Fsp3) is 0.333. The van der Waals surface area contributed by atoms with Crippen molar-refractivity contribution >= 4 is 12.0 Å². The first kappa shape index (κ1) is 12.4. The third-order valence-electron chi connectivity index (χ3n) is 2.76. The molecule has 0 saturated carbocycles. The van der Waals surface area contributed by atoms with E-state index < -0.39 is 18.2 Å². The molecule has 0 bridgehead atoms. The van der Waals surface area contributed by atoms with Crippen LogP contribution in [0.1, 0.15) is 16.8 Å². The van der Waals surface area contributed by atoms with Gasteiger partial charge < -0.3 is 9.64 Å². The maximum absolute atomic E-state index is 11.8. The molecule has 1 saturated heterocycles. The fourth-order valence-corrected chi connectivity index (χ4v) is 1.69. The van der Waals surface area contributed by atoms with Gasteiger partial charge in [0.2, 0.25) is 6.23 Å². The Morgan fingerprint density at radius 1 is 1.39 bits per heavy atom. The summed E-state index contributed by atoms with van der Waals surface area (Å²) in [5.74, 6) is -0.558. The van der Waals surface area contributed by atoms with Crippen LogP contribution in [-0.2, 0) is 4.74 Å². The largest absolute Gasteiger partial charge is 0.435 e. The van der Waals surface area contributed by atoms with Gasteiger partial charge in [0.05, 0.1) is 5.56 Å². The topological polar surface area (TPSA) is 70.1 Å². The van der Waals surface area contributed by atoms with Gasteiger partial charge in [0.1, 0.15) is 0 Å². The van der Waals surface area contributed by atoms with Crippen LogP contribution in [0.15, 0.2) is 30.3 Å². The first-order valence-electron chi connectivity index (χ1n) is 5.59. The summed E-state index contributed by atoms with van der Waals surface area (Å²) in [6, 6.07) is 7.86. The zero-order valence-corrected chi connectivity index (χ0v) is 9.94. The van der Waals surface area contributed by atoms with Crippen LogP contribution in [0.5, 0.6) is 0 Å². The summed E-state index contributed by atoms with van der Waals surface area (Å²) < 4.78 is 5.10. The molecule has 0 spiro atoms. The maximum atomic E-state index is 11.8. The minimum atomic E-state index is -0.929. The summed E-state index contributed by atoms with van der Waals surface area (Å²) in [5, 5.41) is 10.0.